The van der Waals surface area contributed by atoms with E-state index in [0.717, 1.165) is 46.3 Å². The molecule has 1 fully saturated rings. The number of piperidine rings is 1. The first-order chi connectivity index (χ1) is 7.20. The molecule has 1 aliphatic heterocycles. The summed E-state index contributed by atoms with van der Waals surface area (Å²) >= 11 is 6.90. The van der Waals surface area contributed by atoms with Gasteiger partial charge in [-0.05, 0) is 57.8 Å². The number of pyridine rings is 1. The minimum absolute atomic E-state index is 0.524. The lowest BCUT2D eigenvalue weighted by atomic mass is 9.94. The van der Waals surface area contributed by atoms with Crippen LogP contribution in [0.5, 0.6) is 0 Å². The van der Waals surface area contributed by atoms with Crippen molar-refractivity contribution in [3.05, 3.63) is 20.8 Å². The Bertz CT molecular complexity index is 362. The predicted octanol–water partition coefficient (Wildman–Crippen LogP) is 2.66. The topological polar surface area (TPSA) is 50.9 Å². The third kappa shape index (κ3) is 2.34. The minimum atomic E-state index is 0.524. The van der Waals surface area contributed by atoms with Crippen LogP contribution in [0.4, 0.5) is 5.69 Å². The first kappa shape index (κ1) is 11.4. The maximum atomic E-state index is 5.94. The number of hydrogen-bond donors (Lipinski definition) is 2. The van der Waals surface area contributed by atoms with Crippen molar-refractivity contribution in [1.82, 2.24) is 10.3 Å². The molecule has 0 radical (unpaired) electrons. The zero-order valence-electron chi connectivity index (χ0n) is 8.26. The van der Waals surface area contributed by atoms with E-state index < -0.39 is 0 Å². The number of anilines is 1. The molecule has 0 unspecified atom stereocenters. The Balaban J connectivity index is 2.31. The quantitative estimate of drug-likeness (QED) is 0.830. The molecular weight excluding hydrogens is 322 g/mol. The Kier molecular flexibility index (Phi) is 3.64. The van der Waals surface area contributed by atoms with Crippen molar-refractivity contribution in [2.24, 2.45) is 0 Å². The third-order valence-corrected chi connectivity index (χ3v) is 4.23. The van der Waals surface area contributed by atoms with Crippen LogP contribution in [-0.4, -0.2) is 18.1 Å². The molecule has 0 amide bonds. The molecule has 1 saturated heterocycles. The van der Waals surface area contributed by atoms with E-state index in [1.54, 1.807) is 6.20 Å². The molecule has 0 aliphatic carbocycles. The van der Waals surface area contributed by atoms with Gasteiger partial charge in [0.1, 0.15) is 0 Å². The average Bonchev–Trinajstić information content (AvgIpc) is 2.27. The summed E-state index contributed by atoms with van der Waals surface area (Å²) in [5.41, 5.74) is 7.78. The highest BCUT2D eigenvalue weighted by Crippen LogP contribution is 2.36. The molecule has 0 bridgehead atoms. The monoisotopic (exact) mass is 333 g/mol. The largest absolute Gasteiger partial charge is 0.397 e. The van der Waals surface area contributed by atoms with Crippen LogP contribution in [0.25, 0.3) is 0 Å². The number of nitrogens with two attached hydrogens (primary N) is 1. The van der Waals surface area contributed by atoms with E-state index in [1.165, 1.54) is 0 Å². The van der Waals surface area contributed by atoms with Gasteiger partial charge in [-0.15, -0.1) is 0 Å². The summed E-state index contributed by atoms with van der Waals surface area (Å²) < 4.78 is 1.80. The summed E-state index contributed by atoms with van der Waals surface area (Å²) in [6, 6.07) is 0. The van der Waals surface area contributed by atoms with Crippen molar-refractivity contribution in [3.8, 4) is 0 Å². The average molecular weight is 335 g/mol. The SMILES string of the molecule is Nc1c(Br)cnc(C2CCNCC2)c1Br. The molecule has 1 aliphatic rings. The molecule has 82 valence electrons. The highest BCUT2D eigenvalue weighted by molar-refractivity contribution is 9.11. The van der Waals surface area contributed by atoms with Crippen molar-refractivity contribution in [2.45, 2.75) is 18.8 Å². The summed E-state index contributed by atoms with van der Waals surface area (Å²) in [5.74, 6) is 0.524. The molecule has 5 heteroatoms. The second kappa shape index (κ2) is 4.80. The molecule has 3 nitrogen and oxygen atoms in total. The van der Waals surface area contributed by atoms with Crippen LogP contribution in [-0.2, 0) is 0 Å². The Morgan fingerprint density at radius 2 is 2.00 bits per heavy atom. The zero-order chi connectivity index (χ0) is 10.8. The van der Waals surface area contributed by atoms with Crippen LogP contribution >= 0.6 is 31.9 Å². The maximum absolute atomic E-state index is 5.94. The van der Waals surface area contributed by atoms with Crippen molar-refractivity contribution < 1.29 is 0 Å². The smallest absolute Gasteiger partial charge is 0.0637 e. The first-order valence-corrected chi connectivity index (χ1v) is 6.59. The zero-order valence-corrected chi connectivity index (χ0v) is 11.4. The number of aromatic nitrogens is 1. The Labute approximate surface area is 106 Å². The Hall–Kier alpha value is -0.130. The summed E-state index contributed by atoms with van der Waals surface area (Å²) in [4.78, 5) is 4.46. The van der Waals surface area contributed by atoms with E-state index in [4.69, 9.17) is 5.73 Å². The van der Waals surface area contributed by atoms with Gasteiger partial charge in [0, 0.05) is 12.1 Å². The fourth-order valence-corrected chi connectivity index (χ4v) is 3.08. The lowest BCUT2D eigenvalue weighted by molar-refractivity contribution is 0.452. The predicted molar refractivity (Wildman–Crippen MR) is 68.9 cm³/mol. The van der Waals surface area contributed by atoms with E-state index in [2.05, 4.69) is 42.2 Å². The van der Waals surface area contributed by atoms with Gasteiger partial charge in [0.2, 0.25) is 0 Å². The molecule has 1 aromatic rings. The van der Waals surface area contributed by atoms with Crippen molar-refractivity contribution >= 4 is 37.5 Å². The second-order valence-electron chi connectivity index (χ2n) is 3.74. The molecular formula is C10H13Br2N3. The van der Waals surface area contributed by atoms with Gasteiger partial charge in [0.25, 0.3) is 0 Å². The fraction of sp³-hybridized carbons (Fsp3) is 0.500. The van der Waals surface area contributed by atoms with Crippen LogP contribution in [0.15, 0.2) is 15.1 Å². The van der Waals surface area contributed by atoms with Gasteiger partial charge in [0.15, 0.2) is 0 Å². The normalized spacial score (nSPS) is 18.0. The summed E-state index contributed by atoms with van der Waals surface area (Å²) in [6.45, 7) is 2.13. The van der Waals surface area contributed by atoms with Gasteiger partial charge >= 0.3 is 0 Å². The van der Waals surface area contributed by atoms with Gasteiger partial charge < -0.3 is 11.1 Å². The standard InChI is InChI=1S/C10H13Br2N3/c11-7-5-15-10(8(12)9(7)13)6-1-3-14-4-2-6/h5-6,14H,1-4H2,(H2,13,15). The summed E-state index contributed by atoms with van der Waals surface area (Å²) in [5, 5.41) is 3.35. The molecule has 0 atom stereocenters. The van der Waals surface area contributed by atoms with Crippen LogP contribution in [0.1, 0.15) is 24.5 Å². The Morgan fingerprint density at radius 1 is 1.33 bits per heavy atom. The van der Waals surface area contributed by atoms with E-state index in [-0.39, 0.29) is 0 Å². The second-order valence-corrected chi connectivity index (χ2v) is 5.39. The molecule has 1 aromatic heterocycles. The number of nitrogens with zero attached hydrogens (tertiary/aromatic N) is 1. The Morgan fingerprint density at radius 3 is 2.67 bits per heavy atom. The van der Waals surface area contributed by atoms with Gasteiger partial charge in [-0.2, -0.15) is 0 Å². The highest BCUT2D eigenvalue weighted by atomic mass is 79.9. The molecule has 15 heavy (non-hydrogen) atoms. The molecule has 2 heterocycles. The van der Waals surface area contributed by atoms with Gasteiger partial charge in [-0.1, -0.05) is 0 Å². The number of nitrogens with one attached hydrogen (secondary N) is 1. The van der Waals surface area contributed by atoms with Gasteiger partial charge in [-0.25, -0.2) is 0 Å². The summed E-state index contributed by atoms with van der Waals surface area (Å²) in [6.07, 6.45) is 4.05. The van der Waals surface area contributed by atoms with E-state index in [1.807, 2.05) is 0 Å². The number of nitrogen functional groups attached to an aromatic ring is 1. The molecule has 3 N–H and O–H groups in total. The molecule has 2 rings (SSSR count). The molecule has 0 saturated carbocycles. The number of rotatable bonds is 1. The minimum Gasteiger partial charge on any atom is -0.397 e. The number of hydrogen-bond acceptors (Lipinski definition) is 3. The fourth-order valence-electron chi connectivity index (χ4n) is 1.88. The van der Waals surface area contributed by atoms with Gasteiger partial charge in [0.05, 0.1) is 20.3 Å². The molecule has 0 aromatic carbocycles. The van der Waals surface area contributed by atoms with Crippen molar-refractivity contribution in [1.29, 1.82) is 0 Å². The van der Waals surface area contributed by atoms with Crippen LogP contribution < -0.4 is 11.1 Å². The number of halogens is 2. The van der Waals surface area contributed by atoms with E-state index in [0.29, 0.717) is 5.92 Å². The van der Waals surface area contributed by atoms with Crippen molar-refractivity contribution in [2.75, 3.05) is 18.8 Å². The van der Waals surface area contributed by atoms with Crippen LogP contribution in [0.3, 0.4) is 0 Å². The highest BCUT2D eigenvalue weighted by Gasteiger charge is 2.20. The van der Waals surface area contributed by atoms with E-state index >= 15 is 0 Å². The van der Waals surface area contributed by atoms with E-state index in [9.17, 15) is 0 Å². The first-order valence-electron chi connectivity index (χ1n) is 5.00. The summed E-state index contributed by atoms with van der Waals surface area (Å²) in [7, 11) is 0. The lowest BCUT2D eigenvalue weighted by Crippen LogP contribution is -2.27. The maximum Gasteiger partial charge on any atom is 0.0637 e. The van der Waals surface area contributed by atoms with Gasteiger partial charge in [-0.3, -0.25) is 4.98 Å². The van der Waals surface area contributed by atoms with Crippen LogP contribution in [0, 0.1) is 0 Å². The van der Waals surface area contributed by atoms with Crippen molar-refractivity contribution in [3.63, 3.8) is 0 Å². The third-order valence-electron chi connectivity index (χ3n) is 2.76. The van der Waals surface area contributed by atoms with Crippen LogP contribution in [0.2, 0.25) is 0 Å². The lowest BCUT2D eigenvalue weighted by Gasteiger charge is -2.23. The molecule has 0 spiro atoms.